The van der Waals surface area contributed by atoms with E-state index in [4.69, 9.17) is 4.74 Å². The minimum Gasteiger partial charge on any atom is -0.478 e. The average Bonchev–Trinajstić information content (AvgIpc) is 2.34. The topological polar surface area (TPSA) is 64.4 Å². The van der Waals surface area contributed by atoms with Gasteiger partial charge < -0.3 is 9.64 Å². The van der Waals surface area contributed by atoms with Crippen LogP contribution in [0.2, 0.25) is 0 Å². The average molecular weight is 253 g/mol. The molecule has 0 unspecified atom stereocenters. The van der Waals surface area contributed by atoms with Crippen LogP contribution in [0.1, 0.15) is 20.8 Å². The van der Waals surface area contributed by atoms with Crippen LogP contribution in [0.5, 0.6) is 5.88 Å². The van der Waals surface area contributed by atoms with Crippen LogP contribution in [0.4, 0.5) is 0 Å². The number of likely N-dealkylation sites (N-methyl/N-ethyl adjacent to an activating group) is 1. The fraction of sp³-hybridized carbons (Fsp3) is 0.583. The van der Waals surface area contributed by atoms with Gasteiger partial charge in [-0.1, -0.05) is 0 Å². The highest BCUT2D eigenvalue weighted by Crippen LogP contribution is 2.01. The number of carbonyl (C=O) groups excluding carboxylic acids is 1. The molecule has 6 nitrogen and oxygen atoms in total. The van der Waals surface area contributed by atoms with E-state index in [0.717, 1.165) is 0 Å². The van der Waals surface area contributed by atoms with E-state index >= 15 is 0 Å². The van der Waals surface area contributed by atoms with Gasteiger partial charge in [0, 0.05) is 25.4 Å². The van der Waals surface area contributed by atoms with Gasteiger partial charge in [-0.15, -0.1) is 0 Å². The lowest BCUT2D eigenvalue weighted by molar-refractivity contribution is -0.131. The minimum absolute atomic E-state index is 0.0138. The zero-order valence-corrected chi connectivity index (χ0v) is 11.0. The Bertz CT molecular complexity index is 452. The van der Waals surface area contributed by atoms with Crippen LogP contribution in [-0.4, -0.2) is 40.1 Å². The van der Waals surface area contributed by atoms with Crippen LogP contribution in [0.3, 0.4) is 0 Å². The molecule has 0 spiro atoms. The summed E-state index contributed by atoms with van der Waals surface area (Å²) in [6.45, 7) is 7.36. The Morgan fingerprint density at radius 3 is 2.56 bits per heavy atom. The molecular weight excluding hydrogens is 234 g/mol. The molecule has 100 valence electrons. The Kier molecular flexibility index (Phi) is 5.35. The number of hydrogen-bond donors (Lipinski definition) is 0. The number of amides is 1. The second-order valence-electron chi connectivity index (χ2n) is 3.68. The number of aromatic nitrogens is 2. The van der Waals surface area contributed by atoms with Crippen molar-refractivity contribution in [2.24, 2.45) is 0 Å². The molecule has 1 aromatic heterocycles. The summed E-state index contributed by atoms with van der Waals surface area (Å²) in [6.07, 6.45) is 1.53. The van der Waals surface area contributed by atoms with E-state index in [0.29, 0.717) is 19.7 Å². The molecule has 1 aromatic rings. The summed E-state index contributed by atoms with van der Waals surface area (Å²) in [7, 11) is 0. The number of hydrogen-bond acceptors (Lipinski definition) is 4. The second kappa shape index (κ2) is 6.78. The van der Waals surface area contributed by atoms with Crippen molar-refractivity contribution >= 4 is 5.91 Å². The highest BCUT2D eigenvalue weighted by molar-refractivity contribution is 5.75. The maximum Gasteiger partial charge on any atom is 0.351 e. The van der Waals surface area contributed by atoms with Crippen molar-refractivity contribution in [1.29, 1.82) is 0 Å². The molecule has 18 heavy (non-hydrogen) atoms. The van der Waals surface area contributed by atoms with E-state index in [1.807, 2.05) is 20.8 Å². The van der Waals surface area contributed by atoms with Crippen molar-refractivity contribution in [3.8, 4) is 5.88 Å². The molecular formula is C12H19N3O3. The molecule has 0 aliphatic rings. The van der Waals surface area contributed by atoms with Gasteiger partial charge in [0.25, 0.3) is 0 Å². The highest BCUT2D eigenvalue weighted by Gasteiger charge is 2.11. The molecule has 1 rings (SSSR count). The monoisotopic (exact) mass is 253 g/mol. The molecule has 1 amide bonds. The largest absolute Gasteiger partial charge is 0.478 e. The third kappa shape index (κ3) is 3.58. The summed E-state index contributed by atoms with van der Waals surface area (Å²) < 4.78 is 6.40. The van der Waals surface area contributed by atoms with Crippen LogP contribution < -0.4 is 10.4 Å². The number of ether oxygens (including phenoxy) is 1. The lowest BCUT2D eigenvalue weighted by Crippen LogP contribution is -2.36. The van der Waals surface area contributed by atoms with Crippen molar-refractivity contribution in [1.82, 2.24) is 14.5 Å². The van der Waals surface area contributed by atoms with Crippen molar-refractivity contribution in [3.05, 3.63) is 22.7 Å². The van der Waals surface area contributed by atoms with E-state index < -0.39 is 5.69 Å². The SMILES string of the molecule is CCOc1ccn(CC(=O)N(CC)CC)c(=O)n1. The number of nitrogens with zero attached hydrogens (tertiary/aromatic N) is 3. The Morgan fingerprint density at radius 1 is 1.39 bits per heavy atom. The predicted octanol–water partition coefficient (Wildman–Crippen LogP) is 0.510. The van der Waals surface area contributed by atoms with Gasteiger partial charge in [0.15, 0.2) is 0 Å². The molecule has 0 saturated carbocycles. The third-order valence-corrected chi connectivity index (χ3v) is 2.56. The first-order valence-corrected chi connectivity index (χ1v) is 6.10. The van der Waals surface area contributed by atoms with Gasteiger partial charge in [-0.2, -0.15) is 4.98 Å². The maximum absolute atomic E-state index is 11.8. The minimum atomic E-state index is -0.471. The maximum atomic E-state index is 11.8. The lowest BCUT2D eigenvalue weighted by atomic mass is 10.4. The van der Waals surface area contributed by atoms with Crippen LogP contribution in [0.25, 0.3) is 0 Å². The highest BCUT2D eigenvalue weighted by atomic mass is 16.5. The molecule has 0 aliphatic carbocycles. The molecule has 0 N–H and O–H groups in total. The molecule has 0 fully saturated rings. The molecule has 0 saturated heterocycles. The standard InChI is InChI=1S/C12H19N3O3/c1-4-14(5-2)11(16)9-15-8-7-10(18-6-3)13-12(15)17/h7-8H,4-6,9H2,1-3H3. The van der Waals surface area contributed by atoms with Gasteiger partial charge in [-0.25, -0.2) is 4.79 Å². The molecule has 6 heteroatoms. The fourth-order valence-corrected chi connectivity index (χ4v) is 1.58. The summed E-state index contributed by atoms with van der Waals surface area (Å²) in [5, 5.41) is 0. The molecule has 0 bridgehead atoms. The van der Waals surface area contributed by atoms with Gasteiger partial charge in [0.05, 0.1) is 6.61 Å². The Morgan fingerprint density at radius 2 is 2.06 bits per heavy atom. The van der Waals surface area contributed by atoms with Crippen molar-refractivity contribution in [2.45, 2.75) is 27.3 Å². The van der Waals surface area contributed by atoms with Gasteiger partial charge in [0.1, 0.15) is 6.54 Å². The summed E-state index contributed by atoms with van der Waals surface area (Å²) in [4.78, 5) is 28.9. The third-order valence-electron chi connectivity index (χ3n) is 2.56. The Labute approximate surface area is 106 Å². The van der Waals surface area contributed by atoms with Crippen LogP contribution >= 0.6 is 0 Å². The summed E-state index contributed by atoms with van der Waals surface area (Å²) >= 11 is 0. The predicted molar refractivity (Wildman–Crippen MR) is 67.6 cm³/mol. The number of carbonyl (C=O) groups is 1. The molecule has 0 atom stereocenters. The van der Waals surface area contributed by atoms with Crippen LogP contribution in [-0.2, 0) is 11.3 Å². The quantitative estimate of drug-likeness (QED) is 0.741. The Hall–Kier alpha value is -1.85. The van der Waals surface area contributed by atoms with Crippen molar-refractivity contribution in [3.63, 3.8) is 0 Å². The normalized spacial score (nSPS) is 10.2. The van der Waals surface area contributed by atoms with Crippen molar-refractivity contribution < 1.29 is 9.53 Å². The summed E-state index contributed by atoms with van der Waals surface area (Å²) in [6, 6.07) is 1.58. The van der Waals surface area contributed by atoms with Crippen LogP contribution in [0, 0.1) is 0 Å². The van der Waals surface area contributed by atoms with E-state index in [-0.39, 0.29) is 18.3 Å². The van der Waals surface area contributed by atoms with E-state index in [9.17, 15) is 9.59 Å². The van der Waals surface area contributed by atoms with Crippen molar-refractivity contribution in [2.75, 3.05) is 19.7 Å². The van der Waals surface area contributed by atoms with Gasteiger partial charge in [-0.05, 0) is 20.8 Å². The zero-order valence-electron chi connectivity index (χ0n) is 11.0. The first-order valence-electron chi connectivity index (χ1n) is 6.10. The van der Waals surface area contributed by atoms with Gasteiger partial charge in [0.2, 0.25) is 11.8 Å². The fourth-order valence-electron chi connectivity index (χ4n) is 1.58. The molecule has 0 aliphatic heterocycles. The molecule has 1 heterocycles. The summed E-state index contributed by atoms with van der Waals surface area (Å²) in [5.41, 5.74) is -0.471. The van der Waals surface area contributed by atoms with E-state index in [1.54, 1.807) is 11.0 Å². The first kappa shape index (κ1) is 14.2. The first-order chi connectivity index (χ1) is 8.62. The molecule has 0 radical (unpaired) electrons. The zero-order chi connectivity index (χ0) is 13.5. The number of rotatable bonds is 6. The van der Waals surface area contributed by atoms with E-state index in [1.165, 1.54) is 10.8 Å². The van der Waals surface area contributed by atoms with Gasteiger partial charge >= 0.3 is 5.69 Å². The van der Waals surface area contributed by atoms with Gasteiger partial charge in [-0.3, -0.25) is 9.36 Å². The summed E-state index contributed by atoms with van der Waals surface area (Å²) in [5.74, 6) is 0.196. The lowest BCUT2D eigenvalue weighted by Gasteiger charge is -2.18. The van der Waals surface area contributed by atoms with E-state index in [2.05, 4.69) is 4.98 Å². The second-order valence-corrected chi connectivity index (χ2v) is 3.68. The smallest absolute Gasteiger partial charge is 0.351 e. The molecule has 0 aromatic carbocycles. The van der Waals surface area contributed by atoms with Crippen LogP contribution in [0.15, 0.2) is 17.1 Å². The Balaban J connectivity index is 2.79.